The van der Waals surface area contributed by atoms with Gasteiger partial charge in [-0.2, -0.15) is 0 Å². The summed E-state index contributed by atoms with van der Waals surface area (Å²) in [6.45, 7) is 6.24. The Labute approximate surface area is 173 Å². The van der Waals surface area contributed by atoms with Gasteiger partial charge in [0.15, 0.2) is 5.96 Å². The largest absolute Gasteiger partial charge is 0.396 e. The van der Waals surface area contributed by atoms with Crippen LogP contribution in [0.2, 0.25) is 0 Å². The van der Waals surface area contributed by atoms with E-state index in [9.17, 15) is 13.5 Å². The van der Waals surface area contributed by atoms with Gasteiger partial charge < -0.3 is 15.7 Å². The number of guanidine groups is 1. The summed E-state index contributed by atoms with van der Waals surface area (Å²) in [5.74, 6) is 0.691. The van der Waals surface area contributed by atoms with Crippen molar-refractivity contribution in [3.8, 4) is 0 Å². The van der Waals surface area contributed by atoms with E-state index in [4.69, 9.17) is 4.99 Å². The van der Waals surface area contributed by atoms with Crippen LogP contribution in [0.15, 0.2) is 21.3 Å². The maximum Gasteiger partial charge on any atom is 0.250 e. The van der Waals surface area contributed by atoms with Crippen LogP contribution in [0.1, 0.15) is 50.3 Å². The third-order valence-corrected chi connectivity index (χ3v) is 8.12. The topological polar surface area (TPSA) is 103 Å². The van der Waals surface area contributed by atoms with E-state index in [1.54, 1.807) is 12.1 Å². The van der Waals surface area contributed by atoms with E-state index >= 15 is 0 Å². The smallest absolute Gasteiger partial charge is 0.250 e. The molecule has 2 rings (SSSR count). The van der Waals surface area contributed by atoms with Gasteiger partial charge in [-0.15, -0.1) is 11.3 Å². The maximum absolute atomic E-state index is 12.3. The number of aliphatic hydroxyl groups is 1. The normalized spacial score (nSPS) is 17.5. The van der Waals surface area contributed by atoms with Gasteiger partial charge in [0.05, 0.1) is 0 Å². The minimum absolute atomic E-state index is 0.0912. The lowest BCUT2D eigenvalue weighted by atomic mass is 9.72. The number of rotatable bonds is 10. The molecule has 0 atom stereocenters. The fourth-order valence-electron chi connectivity index (χ4n) is 3.61. The number of nitrogens with one attached hydrogen (secondary N) is 3. The zero-order chi connectivity index (χ0) is 20.5. The highest BCUT2D eigenvalue weighted by Crippen LogP contribution is 2.39. The summed E-state index contributed by atoms with van der Waals surface area (Å²) in [4.78, 5) is 5.70. The van der Waals surface area contributed by atoms with Crippen molar-refractivity contribution >= 4 is 27.3 Å². The van der Waals surface area contributed by atoms with Gasteiger partial charge in [0, 0.05) is 37.7 Å². The predicted molar refractivity (Wildman–Crippen MR) is 115 cm³/mol. The number of hydrogen-bond acceptors (Lipinski definition) is 5. The molecule has 1 aromatic heterocycles. The Morgan fingerprint density at radius 3 is 2.57 bits per heavy atom. The maximum atomic E-state index is 12.3. The molecule has 1 aliphatic rings. The fraction of sp³-hybridized carbons (Fsp3) is 0.737. The molecule has 1 fully saturated rings. The number of sulfonamides is 1. The standard InChI is InChI=1S/C19H34N4O3S2/c1-3-20-18(22-15-19(11-14-24)9-5-4-6-10-19)21-12-13-23-28(25,26)17-8-7-16(2)27-17/h7-8,23-24H,3-6,9-15H2,1-2H3,(H2,20,21,22). The number of aryl methyl sites for hydroxylation is 1. The molecule has 0 radical (unpaired) electrons. The van der Waals surface area contributed by atoms with Gasteiger partial charge in [0.2, 0.25) is 10.0 Å². The minimum Gasteiger partial charge on any atom is -0.396 e. The fourth-order valence-corrected chi connectivity index (χ4v) is 5.97. The monoisotopic (exact) mass is 430 g/mol. The van der Waals surface area contributed by atoms with E-state index in [1.165, 1.54) is 30.6 Å². The number of hydrogen-bond donors (Lipinski definition) is 4. The summed E-state index contributed by atoms with van der Waals surface area (Å²) >= 11 is 1.27. The summed E-state index contributed by atoms with van der Waals surface area (Å²) in [5.41, 5.74) is 0.0912. The number of aliphatic hydroxyl groups excluding tert-OH is 1. The van der Waals surface area contributed by atoms with Gasteiger partial charge in [-0.3, -0.25) is 4.99 Å². The van der Waals surface area contributed by atoms with Crippen LogP contribution in [0.4, 0.5) is 0 Å². The summed E-state index contributed by atoms with van der Waals surface area (Å²) in [6, 6.07) is 3.44. The molecule has 160 valence electrons. The Morgan fingerprint density at radius 2 is 1.96 bits per heavy atom. The van der Waals surface area contributed by atoms with Crippen LogP contribution in [-0.2, 0) is 10.0 Å². The third-order valence-electron chi connectivity index (χ3n) is 5.16. The van der Waals surface area contributed by atoms with Gasteiger partial charge in [0.1, 0.15) is 4.21 Å². The second-order valence-corrected chi connectivity index (χ2v) is 10.7. The molecule has 0 saturated heterocycles. The van der Waals surface area contributed by atoms with E-state index in [0.29, 0.717) is 23.3 Å². The molecule has 4 N–H and O–H groups in total. The molecule has 0 aliphatic heterocycles. The summed E-state index contributed by atoms with van der Waals surface area (Å²) in [5, 5.41) is 15.9. The first-order chi connectivity index (χ1) is 13.4. The Morgan fingerprint density at radius 1 is 1.21 bits per heavy atom. The molecule has 1 aromatic rings. The van der Waals surface area contributed by atoms with E-state index in [2.05, 4.69) is 15.4 Å². The average Bonchev–Trinajstić information content (AvgIpc) is 3.12. The minimum atomic E-state index is -3.46. The SMILES string of the molecule is CCNC(=NCC1(CCO)CCCCC1)NCCNS(=O)(=O)c1ccc(C)s1. The van der Waals surface area contributed by atoms with Gasteiger partial charge in [-0.05, 0) is 50.7 Å². The first-order valence-corrected chi connectivity index (χ1v) is 12.4. The van der Waals surface area contributed by atoms with Crippen molar-refractivity contribution in [3.05, 3.63) is 17.0 Å². The predicted octanol–water partition coefficient (Wildman–Crippen LogP) is 2.22. The number of aliphatic imine (C=N–C) groups is 1. The lowest BCUT2D eigenvalue weighted by Crippen LogP contribution is -2.42. The Kier molecular flexibility index (Phi) is 9.20. The molecule has 1 saturated carbocycles. The van der Waals surface area contributed by atoms with Crippen LogP contribution in [0.3, 0.4) is 0 Å². The van der Waals surface area contributed by atoms with E-state index in [0.717, 1.165) is 30.7 Å². The van der Waals surface area contributed by atoms with Crippen molar-refractivity contribution < 1.29 is 13.5 Å². The quantitative estimate of drug-likeness (QED) is 0.259. The first kappa shape index (κ1) is 23.1. The lowest BCUT2D eigenvalue weighted by molar-refractivity contribution is 0.137. The average molecular weight is 431 g/mol. The van der Waals surface area contributed by atoms with Gasteiger partial charge in [-0.1, -0.05) is 19.3 Å². The molecular formula is C19H34N4O3S2. The van der Waals surface area contributed by atoms with E-state index in [1.807, 2.05) is 13.8 Å². The second kappa shape index (κ2) is 11.1. The Balaban J connectivity index is 1.87. The van der Waals surface area contributed by atoms with Crippen molar-refractivity contribution in [3.63, 3.8) is 0 Å². The highest BCUT2D eigenvalue weighted by atomic mass is 32.2. The summed E-state index contributed by atoms with van der Waals surface area (Å²) < 4.78 is 27.5. The van der Waals surface area contributed by atoms with Crippen molar-refractivity contribution in [2.75, 3.05) is 32.8 Å². The molecule has 9 heteroatoms. The zero-order valence-electron chi connectivity index (χ0n) is 17.0. The Bertz CT molecular complexity index is 720. The van der Waals surface area contributed by atoms with E-state index < -0.39 is 10.0 Å². The molecule has 0 spiro atoms. The van der Waals surface area contributed by atoms with Crippen LogP contribution < -0.4 is 15.4 Å². The van der Waals surface area contributed by atoms with Crippen molar-refractivity contribution in [1.29, 1.82) is 0 Å². The molecule has 0 unspecified atom stereocenters. The van der Waals surface area contributed by atoms with Crippen molar-refractivity contribution in [2.45, 2.75) is 56.6 Å². The van der Waals surface area contributed by atoms with Gasteiger partial charge in [-0.25, -0.2) is 13.1 Å². The van der Waals surface area contributed by atoms with E-state index in [-0.39, 0.29) is 18.6 Å². The number of nitrogens with zero attached hydrogens (tertiary/aromatic N) is 1. The van der Waals surface area contributed by atoms with Crippen LogP contribution in [0, 0.1) is 12.3 Å². The lowest BCUT2D eigenvalue weighted by Gasteiger charge is -2.35. The molecule has 0 aromatic carbocycles. The third kappa shape index (κ3) is 7.02. The highest BCUT2D eigenvalue weighted by Gasteiger charge is 2.31. The molecule has 0 bridgehead atoms. The molecule has 28 heavy (non-hydrogen) atoms. The van der Waals surface area contributed by atoms with Crippen LogP contribution in [0.25, 0.3) is 0 Å². The van der Waals surface area contributed by atoms with Crippen LogP contribution >= 0.6 is 11.3 Å². The molecule has 1 aliphatic carbocycles. The van der Waals surface area contributed by atoms with Crippen LogP contribution in [-0.4, -0.2) is 52.3 Å². The zero-order valence-corrected chi connectivity index (χ0v) is 18.6. The van der Waals surface area contributed by atoms with Crippen LogP contribution in [0.5, 0.6) is 0 Å². The Hall–Kier alpha value is -1.16. The van der Waals surface area contributed by atoms with Gasteiger partial charge in [0.25, 0.3) is 0 Å². The molecular weight excluding hydrogens is 396 g/mol. The second-order valence-electron chi connectivity index (χ2n) is 7.42. The summed E-state index contributed by atoms with van der Waals surface area (Å²) in [6.07, 6.45) is 6.66. The molecule has 7 nitrogen and oxygen atoms in total. The highest BCUT2D eigenvalue weighted by molar-refractivity contribution is 7.91. The molecule has 1 heterocycles. The van der Waals surface area contributed by atoms with Gasteiger partial charge >= 0.3 is 0 Å². The first-order valence-electron chi connectivity index (χ1n) is 10.1. The number of thiophene rings is 1. The molecule has 0 amide bonds. The summed E-state index contributed by atoms with van der Waals surface area (Å²) in [7, 11) is -3.46. The van der Waals surface area contributed by atoms with Crippen molar-refractivity contribution in [1.82, 2.24) is 15.4 Å². The van der Waals surface area contributed by atoms with Crippen molar-refractivity contribution in [2.24, 2.45) is 10.4 Å².